The fourth-order valence-electron chi connectivity index (χ4n) is 1.37. The van der Waals surface area contributed by atoms with E-state index >= 15 is 0 Å². The monoisotopic (exact) mass is 289 g/mol. The maximum Gasteiger partial charge on any atom is 0.241 e. The Labute approximate surface area is 111 Å². The standard InChI is InChI=1S/C11H16FN3O3S/c1-3-14-11(16)7(2)15-19(17,18)8-4-5-9(12)10(13)6-8/h4-7,15H,3,13H2,1-2H3,(H,14,16). The van der Waals surface area contributed by atoms with Gasteiger partial charge in [0.1, 0.15) is 5.82 Å². The summed E-state index contributed by atoms with van der Waals surface area (Å²) in [4.78, 5) is 11.3. The normalized spacial score (nSPS) is 13.0. The van der Waals surface area contributed by atoms with Crippen LogP contribution in [0.25, 0.3) is 0 Å². The van der Waals surface area contributed by atoms with Gasteiger partial charge in [0, 0.05) is 6.54 Å². The quantitative estimate of drug-likeness (QED) is 0.674. The summed E-state index contributed by atoms with van der Waals surface area (Å²) in [7, 11) is -3.92. The molecule has 1 aromatic rings. The lowest BCUT2D eigenvalue weighted by Gasteiger charge is -2.14. The fourth-order valence-corrected chi connectivity index (χ4v) is 2.61. The Balaban J connectivity index is 2.92. The van der Waals surface area contributed by atoms with Crippen LogP contribution in [0.4, 0.5) is 10.1 Å². The molecule has 1 aromatic carbocycles. The number of benzene rings is 1. The number of sulfonamides is 1. The number of carbonyl (C=O) groups is 1. The number of rotatable bonds is 5. The number of likely N-dealkylation sites (N-methyl/N-ethyl adjacent to an activating group) is 1. The molecule has 6 nitrogen and oxygen atoms in total. The van der Waals surface area contributed by atoms with Crippen molar-refractivity contribution in [2.75, 3.05) is 12.3 Å². The molecule has 0 spiro atoms. The van der Waals surface area contributed by atoms with E-state index in [2.05, 4.69) is 10.0 Å². The summed E-state index contributed by atoms with van der Waals surface area (Å²) in [5.41, 5.74) is 5.04. The molecule has 8 heteroatoms. The average Bonchev–Trinajstić information content (AvgIpc) is 2.32. The molecule has 1 unspecified atom stereocenters. The maximum absolute atomic E-state index is 13.0. The minimum absolute atomic E-state index is 0.192. The number of carbonyl (C=O) groups excluding carboxylic acids is 1. The Morgan fingerprint density at radius 1 is 1.47 bits per heavy atom. The van der Waals surface area contributed by atoms with Crippen LogP contribution in [0, 0.1) is 5.82 Å². The molecule has 0 radical (unpaired) electrons. The van der Waals surface area contributed by atoms with Crippen molar-refractivity contribution in [2.24, 2.45) is 0 Å². The summed E-state index contributed by atoms with van der Waals surface area (Å²) in [5.74, 6) is -1.14. The van der Waals surface area contributed by atoms with Gasteiger partial charge in [-0.25, -0.2) is 12.8 Å². The van der Waals surface area contributed by atoms with Crippen LogP contribution in [-0.4, -0.2) is 26.9 Å². The van der Waals surface area contributed by atoms with Crippen molar-refractivity contribution in [3.63, 3.8) is 0 Å². The van der Waals surface area contributed by atoms with E-state index in [0.29, 0.717) is 6.54 Å². The molecule has 106 valence electrons. The van der Waals surface area contributed by atoms with Gasteiger partial charge in [0.2, 0.25) is 15.9 Å². The molecule has 0 saturated heterocycles. The van der Waals surface area contributed by atoms with Gasteiger partial charge in [-0.05, 0) is 32.0 Å². The first-order chi connectivity index (χ1) is 8.77. The molecule has 0 saturated carbocycles. The van der Waals surface area contributed by atoms with Gasteiger partial charge in [-0.1, -0.05) is 0 Å². The molecule has 19 heavy (non-hydrogen) atoms. The van der Waals surface area contributed by atoms with Crippen LogP contribution in [0.3, 0.4) is 0 Å². The predicted molar refractivity (Wildman–Crippen MR) is 69.3 cm³/mol. The van der Waals surface area contributed by atoms with Crippen molar-refractivity contribution >= 4 is 21.6 Å². The first-order valence-electron chi connectivity index (χ1n) is 5.63. The van der Waals surface area contributed by atoms with Gasteiger partial charge in [0.05, 0.1) is 16.6 Å². The molecular formula is C11H16FN3O3S. The van der Waals surface area contributed by atoms with Gasteiger partial charge < -0.3 is 11.1 Å². The molecule has 0 aliphatic rings. The molecule has 0 aliphatic heterocycles. The molecule has 0 aliphatic carbocycles. The van der Waals surface area contributed by atoms with Crippen molar-refractivity contribution < 1.29 is 17.6 Å². The molecule has 4 N–H and O–H groups in total. The number of halogens is 1. The van der Waals surface area contributed by atoms with Gasteiger partial charge in [-0.3, -0.25) is 4.79 Å². The van der Waals surface area contributed by atoms with Crippen LogP contribution in [0.2, 0.25) is 0 Å². The summed E-state index contributed by atoms with van der Waals surface area (Å²) in [6.45, 7) is 3.53. The van der Waals surface area contributed by atoms with Gasteiger partial charge in [-0.2, -0.15) is 4.72 Å². The van der Waals surface area contributed by atoms with Gasteiger partial charge >= 0.3 is 0 Å². The number of amides is 1. The van der Waals surface area contributed by atoms with E-state index in [0.717, 1.165) is 18.2 Å². The minimum atomic E-state index is -3.92. The van der Waals surface area contributed by atoms with Crippen LogP contribution >= 0.6 is 0 Å². The largest absolute Gasteiger partial charge is 0.396 e. The third-order valence-electron chi connectivity index (χ3n) is 2.35. The van der Waals surface area contributed by atoms with E-state index in [-0.39, 0.29) is 10.6 Å². The lowest BCUT2D eigenvalue weighted by molar-refractivity contribution is -0.122. The van der Waals surface area contributed by atoms with Crippen molar-refractivity contribution in [1.29, 1.82) is 0 Å². The zero-order valence-corrected chi connectivity index (χ0v) is 11.4. The second kappa shape index (κ2) is 5.98. The summed E-state index contributed by atoms with van der Waals surface area (Å²) >= 11 is 0. The molecule has 0 fully saturated rings. The minimum Gasteiger partial charge on any atom is -0.396 e. The number of hydrogen-bond acceptors (Lipinski definition) is 4. The lowest BCUT2D eigenvalue weighted by Crippen LogP contribution is -2.44. The Morgan fingerprint density at radius 2 is 2.11 bits per heavy atom. The highest BCUT2D eigenvalue weighted by Crippen LogP contribution is 2.16. The van der Waals surface area contributed by atoms with Crippen molar-refractivity contribution in [1.82, 2.24) is 10.0 Å². The van der Waals surface area contributed by atoms with Gasteiger partial charge in [-0.15, -0.1) is 0 Å². The van der Waals surface area contributed by atoms with E-state index in [1.54, 1.807) is 6.92 Å². The topological polar surface area (TPSA) is 101 Å². The van der Waals surface area contributed by atoms with Crippen LogP contribution in [0.5, 0.6) is 0 Å². The summed E-state index contributed by atoms with van der Waals surface area (Å²) in [6, 6.07) is 2.11. The summed E-state index contributed by atoms with van der Waals surface area (Å²) < 4.78 is 39.1. The maximum atomic E-state index is 13.0. The van der Waals surface area contributed by atoms with E-state index in [1.807, 2.05) is 0 Å². The van der Waals surface area contributed by atoms with E-state index in [9.17, 15) is 17.6 Å². The van der Waals surface area contributed by atoms with E-state index < -0.39 is 27.8 Å². The highest BCUT2D eigenvalue weighted by Gasteiger charge is 2.22. The zero-order valence-electron chi connectivity index (χ0n) is 10.6. The molecule has 1 atom stereocenters. The zero-order chi connectivity index (χ0) is 14.6. The summed E-state index contributed by atoms with van der Waals surface area (Å²) in [6.07, 6.45) is 0. The third-order valence-corrected chi connectivity index (χ3v) is 3.89. The fraction of sp³-hybridized carbons (Fsp3) is 0.364. The predicted octanol–water partition coefficient (Wildman–Crippen LogP) is 0.211. The Morgan fingerprint density at radius 3 is 2.63 bits per heavy atom. The van der Waals surface area contributed by atoms with Crippen LogP contribution in [0.15, 0.2) is 23.1 Å². The number of hydrogen-bond donors (Lipinski definition) is 3. The average molecular weight is 289 g/mol. The second-order valence-corrected chi connectivity index (χ2v) is 5.63. The molecule has 1 amide bonds. The Hall–Kier alpha value is -1.67. The molecule has 0 heterocycles. The third kappa shape index (κ3) is 3.90. The molecular weight excluding hydrogens is 273 g/mol. The highest BCUT2D eigenvalue weighted by atomic mass is 32.2. The SMILES string of the molecule is CCNC(=O)C(C)NS(=O)(=O)c1ccc(F)c(N)c1. The van der Waals surface area contributed by atoms with Crippen LogP contribution in [0.1, 0.15) is 13.8 Å². The Bertz CT molecular complexity index is 575. The van der Waals surface area contributed by atoms with Crippen molar-refractivity contribution in [2.45, 2.75) is 24.8 Å². The van der Waals surface area contributed by atoms with Crippen molar-refractivity contribution in [3.05, 3.63) is 24.0 Å². The van der Waals surface area contributed by atoms with Crippen molar-refractivity contribution in [3.8, 4) is 0 Å². The Kier molecular flexibility index (Phi) is 4.84. The van der Waals surface area contributed by atoms with Gasteiger partial charge in [0.25, 0.3) is 0 Å². The van der Waals surface area contributed by atoms with Crippen LogP contribution < -0.4 is 15.8 Å². The van der Waals surface area contributed by atoms with Gasteiger partial charge in [0.15, 0.2) is 0 Å². The first kappa shape index (κ1) is 15.4. The highest BCUT2D eigenvalue weighted by molar-refractivity contribution is 7.89. The second-order valence-electron chi connectivity index (χ2n) is 3.92. The summed E-state index contributed by atoms with van der Waals surface area (Å²) in [5, 5.41) is 2.49. The number of anilines is 1. The first-order valence-corrected chi connectivity index (χ1v) is 7.11. The smallest absolute Gasteiger partial charge is 0.241 e. The number of nitrogens with one attached hydrogen (secondary N) is 2. The number of nitrogens with two attached hydrogens (primary N) is 1. The molecule has 0 bridgehead atoms. The van der Waals surface area contributed by atoms with E-state index in [4.69, 9.17) is 5.73 Å². The van der Waals surface area contributed by atoms with E-state index in [1.165, 1.54) is 6.92 Å². The molecule has 0 aromatic heterocycles. The van der Waals surface area contributed by atoms with Crippen LogP contribution in [-0.2, 0) is 14.8 Å². The molecule has 1 rings (SSSR count). The number of nitrogen functional groups attached to an aromatic ring is 1. The lowest BCUT2D eigenvalue weighted by atomic mass is 10.3.